The van der Waals surface area contributed by atoms with E-state index < -0.39 is 6.10 Å². The zero-order valence-electron chi connectivity index (χ0n) is 17.7. The van der Waals surface area contributed by atoms with Gasteiger partial charge in [0, 0.05) is 16.3 Å². The van der Waals surface area contributed by atoms with Crippen LogP contribution in [0.3, 0.4) is 0 Å². The normalized spacial score (nSPS) is 11.7. The van der Waals surface area contributed by atoms with E-state index in [0.717, 1.165) is 11.1 Å². The molecule has 6 nitrogen and oxygen atoms in total. The first-order valence-corrected chi connectivity index (χ1v) is 10.6. The molecule has 7 heteroatoms. The Balaban J connectivity index is 1.56. The van der Waals surface area contributed by atoms with E-state index in [-0.39, 0.29) is 5.91 Å². The van der Waals surface area contributed by atoms with E-state index in [1.165, 1.54) is 0 Å². The molecule has 0 fully saturated rings. The number of hydrogen-bond acceptors (Lipinski definition) is 5. The lowest BCUT2D eigenvalue weighted by atomic mass is 10.1. The molecule has 0 unspecified atom stereocenters. The quantitative estimate of drug-likeness (QED) is 0.367. The van der Waals surface area contributed by atoms with Crippen molar-refractivity contribution in [3.63, 3.8) is 0 Å². The average Bonchev–Trinajstić information content (AvgIpc) is 3.31. The SMILES string of the molecule is CC[C@H](Oc1ccccc1-c1nnc(-c2ccccc2)o1)C(=O)Nc1cc(Cl)ccc1C. The molecule has 4 rings (SSSR count). The van der Waals surface area contributed by atoms with Crippen molar-refractivity contribution in [1.29, 1.82) is 0 Å². The highest BCUT2D eigenvalue weighted by molar-refractivity contribution is 6.31. The van der Waals surface area contributed by atoms with Crippen molar-refractivity contribution in [2.45, 2.75) is 26.4 Å². The summed E-state index contributed by atoms with van der Waals surface area (Å²) in [6.45, 7) is 3.79. The summed E-state index contributed by atoms with van der Waals surface area (Å²) in [5.41, 5.74) is 3.01. The number of aryl methyl sites for hydroxylation is 1. The van der Waals surface area contributed by atoms with Crippen LogP contribution in [0.5, 0.6) is 5.75 Å². The molecule has 3 aromatic carbocycles. The van der Waals surface area contributed by atoms with Gasteiger partial charge in [0.25, 0.3) is 11.8 Å². The Morgan fingerprint density at radius 1 is 1.03 bits per heavy atom. The van der Waals surface area contributed by atoms with E-state index in [9.17, 15) is 4.79 Å². The molecular weight excluding hydrogens is 426 g/mol. The fourth-order valence-electron chi connectivity index (χ4n) is 3.19. The summed E-state index contributed by atoms with van der Waals surface area (Å²) in [6.07, 6.45) is -0.246. The van der Waals surface area contributed by atoms with Gasteiger partial charge in [0.15, 0.2) is 6.10 Å². The maximum atomic E-state index is 12.9. The van der Waals surface area contributed by atoms with Crippen LogP contribution in [0, 0.1) is 6.92 Å². The highest BCUT2D eigenvalue weighted by atomic mass is 35.5. The van der Waals surface area contributed by atoms with Gasteiger partial charge in [-0.05, 0) is 55.3 Å². The number of carbonyl (C=O) groups is 1. The second kappa shape index (κ2) is 9.66. The van der Waals surface area contributed by atoms with Crippen LogP contribution in [0.15, 0.2) is 77.2 Å². The van der Waals surface area contributed by atoms with Crippen molar-refractivity contribution in [2.24, 2.45) is 0 Å². The summed E-state index contributed by atoms with van der Waals surface area (Å²) >= 11 is 6.07. The second-order valence-corrected chi connectivity index (χ2v) is 7.67. The van der Waals surface area contributed by atoms with Gasteiger partial charge in [0.2, 0.25) is 5.89 Å². The number of hydrogen-bond donors (Lipinski definition) is 1. The predicted molar refractivity (Wildman–Crippen MR) is 125 cm³/mol. The third kappa shape index (κ3) is 4.81. The van der Waals surface area contributed by atoms with Crippen molar-refractivity contribution in [1.82, 2.24) is 10.2 Å². The molecule has 32 heavy (non-hydrogen) atoms. The molecule has 1 amide bonds. The van der Waals surface area contributed by atoms with Crippen molar-refractivity contribution in [2.75, 3.05) is 5.32 Å². The van der Waals surface area contributed by atoms with Crippen LogP contribution in [-0.2, 0) is 4.79 Å². The molecule has 0 spiro atoms. The Morgan fingerprint density at radius 3 is 2.53 bits per heavy atom. The van der Waals surface area contributed by atoms with Gasteiger partial charge in [0.05, 0.1) is 5.56 Å². The third-order valence-corrected chi connectivity index (χ3v) is 5.19. The first-order valence-electron chi connectivity index (χ1n) is 10.3. The highest BCUT2D eigenvalue weighted by Crippen LogP contribution is 2.32. The number of carbonyl (C=O) groups excluding carboxylic acids is 1. The molecule has 1 aromatic heterocycles. The lowest BCUT2D eigenvalue weighted by Gasteiger charge is -2.19. The molecular formula is C25H22ClN3O3. The Kier molecular flexibility index (Phi) is 6.52. The molecule has 0 saturated carbocycles. The van der Waals surface area contributed by atoms with E-state index in [2.05, 4.69) is 15.5 Å². The van der Waals surface area contributed by atoms with Crippen molar-refractivity contribution in [3.05, 3.63) is 83.4 Å². The first kappa shape index (κ1) is 21.6. The third-order valence-electron chi connectivity index (χ3n) is 4.95. The van der Waals surface area contributed by atoms with E-state index >= 15 is 0 Å². The van der Waals surface area contributed by atoms with E-state index in [4.69, 9.17) is 20.8 Å². The number of ether oxygens (including phenoxy) is 1. The zero-order valence-corrected chi connectivity index (χ0v) is 18.5. The van der Waals surface area contributed by atoms with E-state index in [1.807, 2.05) is 68.4 Å². The minimum atomic E-state index is -0.717. The first-order chi connectivity index (χ1) is 15.5. The number of amides is 1. The Hall–Kier alpha value is -3.64. The van der Waals surface area contributed by atoms with Crippen molar-refractivity contribution >= 4 is 23.2 Å². The number of benzene rings is 3. The van der Waals surface area contributed by atoms with Gasteiger partial charge < -0.3 is 14.5 Å². The molecule has 1 N–H and O–H groups in total. The Bertz CT molecular complexity index is 1220. The van der Waals surface area contributed by atoms with Crippen LogP contribution >= 0.6 is 11.6 Å². The second-order valence-electron chi connectivity index (χ2n) is 7.24. The predicted octanol–water partition coefficient (Wildman–Crippen LogP) is 6.16. The van der Waals surface area contributed by atoms with Crippen molar-refractivity contribution in [3.8, 4) is 28.7 Å². The summed E-state index contributed by atoms with van der Waals surface area (Å²) in [5, 5.41) is 11.8. The topological polar surface area (TPSA) is 77.2 Å². The summed E-state index contributed by atoms with van der Waals surface area (Å²) < 4.78 is 12.0. The van der Waals surface area contributed by atoms with Gasteiger partial charge in [-0.1, -0.05) is 54.9 Å². The van der Waals surface area contributed by atoms with Crippen LogP contribution in [0.25, 0.3) is 22.9 Å². The number of nitrogens with one attached hydrogen (secondary N) is 1. The van der Waals surface area contributed by atoms with Gasteiger partial charge in [0.1, 0.15) is 5.75 Å². The summed E-state index contributed by atoms with van der Waals surface area (Å²) in [5.74, 6) is 0.959. The number of anilines is 1. The number of aromatic nitrogens is 2. The molecule has 0 radical (unpaired) electrons. The number of nitrogens with zero attached hydrogens (tertiary/aromatic N) is 2. The minimum absolute atomic E-state index is 0.261. The average molecular weight is 448 g/mol. The summed E-state index contributed by atoms with van der Waals surface area (Å²) in [4.78, 5) is 12.9. The maximum Gasteiger partial charge on any atom is 0.265 e. The summed E-state index contributed by atoms with van der Waals surface area (Å²) in [6, 6.07) is 22.2. The molecule has 162 valence electrons. The minimum Gasteiger partial charge on any atom is -0.480 e. The smallest absolute Gasteiger partial charge is 0.265 e. The highest BCUT2D eigenvalue weighted by Gasteiger charge is 2.22. The van der Waals surface area contributed by atoms with Gasteiger partial charge in [-0.2, -0.15) is 0 Å². The molecule has 0 aliphatic heterocycles. The number of rotatable bonds is 7. The fraction of sp³-hybridized carbons (Fsp3) is 0.160. The zero-order chi connectivity index (χ0) is 22.5. The molecule has 4 aromatic rings. The van der Waals surface area contributed by atoms with Crippen LogP contribution in [0.2, 0.25) is 5.02 Å². The lowest BCUT2D eigenvalue weighted by molar-refractivity contribution is -0.122. The largest absolute Gasteiger partial charge is 0.480 e. The molecule has 0 aliphatic rings. The number of halogens is 1. The Labute approximate surface area is 191 Å². The standard InChI is InChI=1S/C25H22ClN3O3/c1-3-21(23(30)27-20-15-18(26)14-13-16(20)2)31-22-12-8-7-11-19(22)25-29-28-24(32-25)17-9-5-4-6-10-17/h4-15,21H,3H2,1-2H3,(H,27,30)/t21-/m0/s1. The van der Waals surface area contributed by atoms with Crippen LogP contribution < -0.4 is 10.1 Å². The maximum absolute atomic E-state index is 12.9. The molecule has 1 atom stereocenters. The number of para-hydroxylation sites is 1. The molecule has 0 aliphatic carbocycles. The van der Waals surface area contributed by atoms with Crippen molar-refractivity contribution < 1.29 is 13.9 Å². The van der Waals surface area contributed by atoms with Gasteiger partial charge >= 0.3 is 0 Å². The van der Waals surface area contributed by atoms with E-state index in [0.29, 0.717) is 40.2 Å². The Morgan fingerprint density at radius 2 is 1.75 bits per heavy atom. The van der Waals surface area contributed by atoms with Crippen LogP contribution in [-0.4, -0.2) is 22.2 Å². The van der Waals surface area contributed by atoms with Gasteiger partial charge in [-0.3, -0.25) is 4.79 Å². The van der Waals surface area contributed by atoms with E-state index in [1.54, 1.807) is 18.2 Å². The van der Waals surface area contributed by atoms with Gasteiger partial charge in [-0.25, -0.2) is 0 Å². The monoisotopic (exact) mass is 447 g/mol. The fourth-order valence-corrected chi connectivity index (χ4v) is 3.37. The molecule has 0 saturated heterocycles. The lowest BCUT2D eigenvalue weighted by Crippen LogP contribution is -2.32. The summed E-state index contributed by atoms with van der Waals surface area (Å²) in [7, 11) is 0. The van der Waals surface area contributed by atoms with Gasteiger partial charge in [-0.15, -0.1) is 10.2 Å². The molecule has 1 heterocycles. The van der Waals surface area contributed by atoms with Crippen LogP contribution in [0.1, 0.15) is 18.9 Å². The molecule has 0 bridgehead atoms. The van der Waals surface area contributed by atoms with Crippen LogP contribution in [0.4, 0.5) is 5.69 Å².